The van der Waals surface area contributed by atoms with Gasteiger partial charge in [0.1, 0.15) is 17.3 Å². The predicted molar refractivity (Wildman–Crippen MR) is 188 cm³/mol. The number of carbonyl (C=O) groups excluding carboxylic acids is 1. The molecular formula is C37H39FN2O7S2. The van der Waals surface area contributed by atoms with E-state index in [0.717, 1.165) is 5.56 Å². The van der Waals surface area contributed by atoms with Gasteiger partial charge >= 0.3 is 0 Å². The topological polar surface area (TPSA) is 124 Å². The van der Waals surface area contributed by atoms with Gasteiger partial charge in [-0.1, -0.05) is 42.5 Å². The van der Waals surface area contributed by atoms with Crippen molar-refractivity contribution in [3.63, 3.8) is 0 Å². The molecule has 2 atom stereocenters. The van der Waals surface area contributed by atoms with Crippen LogP contribution in [0.25, 0.3) is 0 Å². The van der Waals surface area contributed by atoms with Gasteiger partial charge < -0.3 is 24.6 Å². The third-order valence-corrected chi connectivity index (χ3v) is 10.8. The largest absolute Gasteiger partial charge is 0.497 e. The van der Waals surface area contributed by atoms with E-state index < -0.39 is 27.4 Å². The van der Waals surface area contributed by atoms with Gasteiger partial charge in [0.2, 0.25) is 5.90 Å². The minimum absolute atomic E-state index is 0.0193. The number of sulfone groups is 1. The first kappa shape index (κ1) is 35.9. The first-order valence-electron chi connectivity index (χ1n) is 15.9. The third kappa shape index (κ3) is 9.20. The molecule has 0 spiro atoms. The maximum atomic E-state index is 14.4. The molecule has 0 aromatic heterocycles. The molecule has 49 heavy (non-hydrogen) atoms. The number of thioether (sulfide) groups is 1. The molecule has 0 unspecified atom stereocenters. The van der Waals surface area contributed by atoms with Crippen LogP contribution in [-0.4, -0.2) is 69.2 Å². The Morgan fingerprint density at radius 2 is 1.76 bits per heavy atom. The lowest BCUT2D eigenvalue weighted by Gasteiger charge is -2.30. The molecule has 0 bridgehead atoms. The number of aliphatic hydroxyl groups is 1. The lowest BCUT2D eigenvalue weighted by molar-refractivity contribution is -0.128. The van der Waals surface area contributed by atoms with Gasteiger partial charge in [0.05, 0.1) is 24.4 Å². The summed E-state index contributed by atoms with van der Waals surface area (Å²) in [5, 5.41) is 12.1. The first-order valence-corrected chi connectivity index (χ1v) is 18.7. The number of hydrogen-bond donors (Lipinski definition) is 2. The normalized spacial score (nSPS) is 17.2. The van der Waals surface area contributed by atoms with Crippen LogP contribution < -0.4 is 14.8 Å². The number of hydrogen-bond acceptors (Lipinski definition) is 9. The van der Waals surface area contributed by atoms with Crippen LogP contribution in [-0.2, 0) is 25.1 Å². The van der Waals surface area contributed by atoms with Crippen LogP contribution in [0.1, 0.15) is 35.6 Å². The minimum Gasteiger partial charge on any atom is -0.497 e. The second-order valence-corrected chi connectivity index (χ2v) is 14.6. The fourth-order valence-electron chi connectivity index (χ4n) is 5.37. The summed E-state index contributed by atoms with van der Waals surface area (Å²) in [4.78, 5) is 19.5. The van der Waals surface area contributed by atoms with Gasteiger partial charge in [-0.15, -0.1) is 0 Å². The molecule has 0 saturated heterocycles. The van der Waals surface area contributed by atoms with Crippen LogP contribution >= 0.6 is 11.8 Å². The molecule has 2 N–H and O–H groups in total. The lowest BCUT2D eigenvalue weighted by Crippen LogP contribution is -2.49. The van der Waals surface area contributed by atoms with E-state index in [0.29, 0.717) is 47.2 Å². The number of benzene rings is 4. The average molecular weight is 707 g/mol. The van der Waals surface area contributed by atoms with E-state index in [1.807, 2.05) is 0 Å². The standard InChI is InChI=1S/C37H39FN2O7S2/c1-45-32-8-5-7-29(25-32)34-37(19-24-49(43,44)33-9-3-2-4-10-33,36(42)39-20-23-48-26-27-11-15-30(38)16-12-27)40-35(47-34)28-13-17-31(18-14-28)46-22-6-21-41/h2-5,7-18,25,34,41H,6,19-24,26H2,1H3,(H,39,42)/t34-,37-/m1/s1. The molecule has 258 valence electrons. The van der Waals surface area contributed by atoms with Gasteiger partial charge in [-0.05, 0) is 71.8 Å². The Hall–Kier alpha value is -4.39. The number of aliphatic imine (C=N–C) groups is 1. The molecule has 9 nitrogen and oxygen atoms in total. The Labute approximate surface area is 290 Å². The van der Waals surface area contributed by atoms with Crippen molar-refractivity contribution < 1.29 is 36.9 Å². The van der Waals surface area contributed by atoms with Gasteiger partial charge in [-0.3, -0.25) is 4.79 Å². The first-order chi connectivity index (χ1) is 23.7. The number of halogens is 1. The fourth-order valence-corrected chi connectivity index (χ4v) is 7.58. The average Bonchev–Trinajstić information content (AvgIpc) is 3.53. The molecule has 1 heterocycles. The van der Waals surface area contributed by atoms with Crippen molar-refractivity contribution in [2.75, 3.05) is 38.4 Å². The third-order valence-electron chi connectivity index (χ3n) is 7.99. The van der Waals surface area contributed by atoms with Crippen LogP contribution in [0.3, 0.4) is 0 Å². The monoisotopic (exact) mass is 706 g/mol. The second-order valence-electron chi connectivity index (χ2n) is 11.4. The Morgan fingerprint density at radius 3 is 2.47 bits per heavy atom. The molecular weight excluding hydrogens is 668 g/mol. The van der Waals surface area contributed by atoms with E-state index in [2.05, 4.69) is 5.32 Å². The number of methoxy groups -OCH3 is 1. The van der Waals surface area contributed by atoms with Gasteiger partial charge in [0, 0.05) is 43.1 Å². The van der Waals surface area contributed by atoms with E-state index >= 15 is 0 Å². The fraction of sp³-hybridized carbons (Fsp3) is 0.297. The van der Waals surface area contributed by atoms with Crippen molar-refractivity contribution >= 4 is 33.4 Å². The van der Waals surface area contributed by atoms with Gasteiger partial charge in [-0.2, -0.15) is 11.8 Å². The van der Waals surface area contributed by atoms with Crippen molar-refractivity contribution in [1.82, 2.24) is 5.32 Å². The van der Waals surface area contributed by atoms with Crippen molar-refractivity contribution in [2.45, 2.75) is 35.1 Å². The summed E-state index contributed by atoms with van der Waals surface area (Å²) in [5.41, 5.74) is 0.487. The minimum atomic E-state index is -3.79. The van der Waals surface area contributed by atoms with Crippen LogP contribution in [0.2, 0.25) is 0 Å². The van der Waals surface area contributed by atoms with E-state index in [-0.39, 0.29) is 41.9 Å². The van der Waals surface area contributed by atoms with Crippen molar-refractivity contribution in [1.29, 1.82) is 0 Å². The molecule has 1 aliphatic heterocycles. The van der Waals surface area contributed by atoms with E-state index in [4.69, 9.17) is 24.3 Å². The maximum absolute atomic E-state index is 14.4. The molecule has 0 aliphatic carbocycles. The zero-order valence-electron chi connectivity index (χ0n) is 27.1. The molecule has 12 heteroatoms. The van der Waals surface area contributed by atoms with E-state index in [1.165, 1.54) is 31.4 Å². The van der Waals surface area contributed by atoms with Crippen LogP contribution in [0.5, 0.6) is 11.5 Å². The molecule has 4 aromatic rings. The quantitative estimate of drug-likeness (QED) is 0.133. The maximum Gasteiger partial charge on any atom is 0.252 e. The molecule has 5 rings (SSSR count). The zero-order valence-corrected chi connectivity index (χ0v) is 28.7. The predicted octanol–water partition coefficient (Wildman–Crippen LogP) is 5.77. The summed E-state index contributed by atoms with van der Waals surface area (Å²) < 4.78 is 58.1. The van der Waals surface area contributed by atoms with Gasteiger partial charge in [0.25, 0.3) is 5.91 Å². The van der Waals surface area contributed by atoms with Crippen LogP contribution in [0.4, 0.5) is 4.39 Å². The second kappa shape index (κ2) is 16.8. The number of aliphatic hydroxyl groups excluding tert-OH is 1. The Balaban J connectivity index is 1.46. The number of rotatable bonds is 17. The summed E-state index contributed by atoms with van der Waals surface area (Å²) in [6, 6.07) is 28.5. The Morgan fingerprint density at radius 1 is 1.00 bits per heavy atom. The van der Waals surface area contributed by atoms with Crippen molar-refractivity contribution in [2.24, 2.45) is 4.99 Å². The highest BCUT2D eigenvalue weighted by Crippen LogP contribution is 2.44. The van der Waals surface area contributed by atoms with E-state index in [1.54, 1.807) is 90.6 Å². The molecule has 1 amide bonds. The number of nitrogens with one attached hydrogen (secondary N) is 1. The van der Waals surface area contributed by atoms with Gasteiger partial charge in [0.15, 0.2) is 21.5 Å². The molecule has 4 aromatic carbocycles. The van der Waals surface area contributed by atoms with Crippen molar-refractivity contribution in [3.05, 3.63) is 126 Å². The highest BCUT2D eigenvalue weighted by molar-refractivity contribution is 7.98. The molecule has 0 fully saturated rings. The Bertz CT molecular complexity index is 1820. The Kier molecular flexibility index (Phi) is 12.3. The van der Waals surface area contributed by atoms with E-state index in [9.17, 15) is 17.6 Å². The molecule has 0 radical (unpaired) electrons. The molecule has 0 saturated carbocycles. The lowest BCUT2D eigenvalue weighted by atomic mass is 9.85. The van der Waals surface area contributed by atoms with Gasteiger partial charge in [-0.25, -0.2) is 17.8 Å². The van der Waals surface area contributed by atoms with Crippen molar-refractivity contribution in [3.8, 4) is 11.5 Å². The highest BCUT2D eigenvalue weighted by atomic mass is 32.2. The smallest absolute Gasteiger partial charge is 0.252 e. The number of ether oxygens (including phenoxy) is 3. The van der Waals surface area contributed by atoms with Crippen LogP contribution in [0, 0.1) is 5.82 Å². The van der Waals surface area contributed by atoms with Crippen LogP contribution in [0.15, 0.2) is 113 Å². The highest BCUT2D eigenvalue weighted by Gasteiger charge is 2.53. The summed E-state index contributed by atoms with van der Waals surface area (Å²) >= 11 is 1.58. The number of amides is 1. The number of nitrogens with zero attached hydrogens (tertiary/aromatic N) is 1. The summed E-state index contributed by atoms with van der Waals surface area (Å²) in [6.07, 6.45) is -0.642. The molecule has 1 aliphatic rings. The summed E-state index contributed by atoms with van der Waals surface area (Å²) in [5.74, 6) is 1.39. The summed E-state index contributed by atoms with van der Waals surface area (Å²) in [7, 11) is -2.26. The number of carbonyl (C=O) groups is 1. The zero-order chi connectivity index (χ0) is 34.7. The summed E-state index contributed by atoms with van der Waals surface area (Å²) in [6.45, 7) is 0.658. The SMILES string of the molecule is COc1cccc([C@H]2OC(c3ccc(OCCCO)cc3)=N[C@@]2(CCS(=O)(=O)c2ccccc2)C(=O)NCCSCc2ccc(F)cc2)c1.